The third-order valence-electron chi connectivity index (χ3n) is 12.7. The molecule has 6 atom stereocenters. The van der Waals surface area contributed by atoms with Gasteiger partial charge in [-0.2, -0.15) is 11.8 Å². The van der Waals surface area contributed by atoms with Crippen LogP contribution >= 0.6 is 11.8 Å². The van der Waals surface area contributed by atoms with E-state index in [-0.39, 0.29) is 54.6 Å². The van der Waals surface area contributed by atoms with E-state index in [1.807, 2.05) is 0 Å². The molecule has 1 fully saturated rings. The summed E-state index contributed by atoms with van der Waals surface area (Å²) in [6.07, 6.45) is 31.0. The van der Waals surface area contributed by atoms with Gasteiger partial charge < -0.3 is 40.2 Å². The Bertz CT molecular complexity index is 1440. The number of amides is 2. The van der Waals surface area contributed by atoms with Crippen molar-refractivity contribution >= 4 is 41.3 Å². The van der Waals surface area contributed by atoms with Gasteiger partial charge in [0.05, 0.1) is 12.8 Å². The third kappa shape index (κ3) is 29.4. The van der Waals surface area contributed by atoms with E-state index in [2.05, 4.69) is 41.7 Å². The van der Waals surface area contributed by atoms with Gasteiger partial charge >= 0.3 is 11.9 Å². The standard InChI is InChI=1S/C52H95N5O10S/c1-4-7-10-13-16-19-22-25-28-31-34-46(59)53-43(51(64)54-45-37-57(56-55-45)52-50(63)49(62)44(38-58)67-52)41-68-40-42(66-48(61)36-33-30-27-24-21-18-15-12-9-6-3)39-65-47(60)35-32-29-26-23-20-17-14-11-8-5-2/h37,42-44,49-50,52,58,62-63H,4-36,38-41H2,1-3H3,(H,53,59)(H,54,64)/t42?,43?,44?,49-,50+,52+/m1/s1. The van der Waals surface area contributed by atoms with Gasteiger partial charge in [-0.05, 0) is 19.3 Å². The molecule has 0 radical (unpaired) electrons. The summed E-state index contributed by atoms with van der Waals surface area (Å²) in [4.78, 5) is 53.0. The Labute approximate surface area is 414 Å². The summed E-state index contributed by atoms with van der Waals surface area (Å²) in [5.74, 6) is -1.11. The van der Waals surface area contributed by atoms with Gasteiger partial charge in [0.2, 0.25) is 11.8 Å². The van der Waals surface area contributed by atoms with Crippen molar-refractivity contribution in [1.29, 1.82) is 0 Å². The fourth-order valence-corrected chi connectivity index (χ4v) is 9.48. The molecule has 0 saturated carbocycles. The second-order valence-corrected chi connectivity index (χ2v) is 20.1. The van der Waals surface area contributed by atoms with E-state index in [0.29, 0.717) is 12.8 Å². The van der Waals surface area contributed by atoms with Crippen LogP contribution in [0.1, 0.15) is 239 Å². The van der Waals surface area contributed by atoms with Crippen molar-refractivity contribution in [3.8, 4) is 0 Å². The number of nitrogens with zero attached hydrogens (tertiary/aromatic N) is 3. The molecule has 0 spiro atoms. The van der Waals surface area contributed by atoms with Crippen LogP contribution in [-0.4, -0.2) is 109 Å². The van der Waals surface area contributed by atoms with Crippen molar-refractivity contribution in [3.63, 3.8) is 0 Å². The minimum absolute atomic E-state index is 0.0276. The lowest BCUT2D eigenvalue weighted by molar-refractivity contribution is -0.157. The fourth-order valence-electron chi connectivity index (χ4n) is 8.44. The molecule has 394 valence electrons. The van der Waals surface area contributed by atoms with Gasteiger partial charge in [0.15, 0.2) is 12.0 Å². The Kier molecular flexibility index (Phi) is 36.9. The maximum atomic E-state index is 13.8. The molecule has 5 N–H and O–H groups in total. The normalized spacial score (nSPS) is 17.8. The first-order valence-electron chi connectivity index (χ1n) is 27.2. The number of ether oxygens (including phenoxy) is 3. The molecule has 16 heteroatoms. The highest BCUT2D eigenvalue weighted by Gasteiger charge is 2.44. The molecule has 1 aliphatic rings. The number of anilines is 1. The zero-order valence-corrected chi connectivity index (χ0v) is 43.5. The van der Waals surface area contributed by atoms with Crippen LogP contribution in [0.4, 0.5) is 5.82 Å². The Hall–Kier alpha value is -2.79. The highest BCUT2D eigenvalue weighted by molar-refractivity contribution is 7.99. The van der Waals surface area contributed by atoms with Crippen molar-refractivity contribution in [2.75, 3.05) is 30.0 Å². The third-order valence-corrected chi connectivity index (χ3v) is 13.9. The number of nitrogens with one attached hydrogen (secondary N) is 2. The predicted octanol–water partition coefficient (Wildman–Crippen LogP) is 10.4. The number of hydrogen-bond acceptors (Lipinski definition) is 13. The summed E-state index contributed by atoms with van der Waals surface area (Å²) < 4.78 is 18.3. The first-order valence-corrected chi connectivity index (χ1v) is 28.4. The van der Waals surface area contributed by atoms with Gasteiger partial charge in [-0.25, -0.2) is 4.68 Å². The highest BCUT2D eigenvalue weighted by Crippen LogP contribution is 2.29. The number of aromatic nitrogens is 3. The van der Waals surface area contributed by atoms with Crippen LogP contribution in [0.5, 0.6) is 0 Å². The molecule has 1 aromatic rings. The van der Waals surface area contributed by atoms with Crippen molar-refractivity contribution in [2.24, 2.45) is 0 Å². The minimum atomic E-state index is -1.39. The van der Waals surface area contributed by atoms with Crippen molar-refractivity contribution < 1.29 is 48.7 Å². The van der Waals surface area contributed by atoms with Gasteiger partial charge in [-0.15, -0.1) is 5.10 Å². The Morgan fingerprint density at radius 2 is 1.10 bits per heavy atom. The smallest absolute Gasteiger partial charge is 0.306 e. The number of carbonyl (C=O) groups excluding carboxylic acids is 4. The van der Waals surface area contributed by atoms with Crippen LogP contribution < -0.4 is 10.6 Å². The zero-order chi connectivity index (χ0) is 49.5. The molecule has 0 bridgehead atoms. The summed E-state index contributed by atoms with van der Waals surface area (Å²) in [6, 6.07) is -1.00. The predicted molar refractivity (Wildman–Crippen MR) is 271 cm³/mol. The van der Waals surface area contributed by atoms with Gasteiger partial charge in [-0.3, -0.25) is 19.2 Å². The van der Waals surface area contributed by atoms with E-state index in [4.69, 9.17) is 14.2 Å². The molecule has 2 heterocycles. The van der Waals surface area contributed by atoms with Gasteiger partial charge in [0.25, 0.3) is 0 Å². The average molecular weight is 982 g/mol. The molecule has 2 rings (SSSR count). The average Bonchev–Trinajstić information content (AvgIpc) is 3.91. The summed E-state index contributed by atoms with van der Waals surface area (Å²) in [5, 5.41) is 43.7. The number of hydrogen-bond donors (Lipinski definition) is 5. The maximum absolute atomic E-state index is 13.8. The fraction of sp³-hybridized carbons (Fsp3) is 0.885. The molecule has 3 unspecified atom stereocenters. The Balaban J connectivity index is 2.00. The van der Waals surface area contributed by atoms with Crippen LogP contribution in [-0.2, 0) is 33.4 Å². The van der Waals surface area contributed by atoms with E-state index >= 15 is 0 Å². The number of aliphatic hydroxyl groups excluding tert-OH is 3. The van der Waals surface area contributed by atoms with E-state index in [1.54, 1.807) is 0 Å². The van der Waals surface area contributed by atoms with E-state index < -0.39 is 49.2 Å². The summed E-state index contributed by atoms with van der Waals surface area (Å²) in [7, 11) is 0. The van der Waals surface area contributed by atoms with E-state index in [9.17, 15) is 34.5 Å². The first-order chi connectivity index (χ1) is 33.1. The highest BCUT2D eigenvalue weighted by atomic mass is 32.2. The molecular formula is C52H95N5O10S. The molecular weight excluding hydrogens is 887 g/mol. The summed E-state index contributed by atoms with van der Waals surface area (Å²) in [5.41, 5.74) is 0. The zero-order valence-electron chi connectivity index (χ0n) is 42.7. The van der Waals surface area contributed by atoms with Gasteiger partial charge in [-0.1, -0.05) is 199 Å². The van der Waals surface area contributed by atoms with Crippen LogP contribution in [0.15, 0.2) is 6.20 Å². The number of aliphatic hydroxyl groups is 3. The van der Waals surface area contributed by atoms with E-state index in [0.717, 1.165) is 68.9 Å². The molecule has 15 nitrogen and oxygen atoms in total. The first kappa shape index (κ1) is 61.3. The van der Waals surface area contributed by atoms with Crippen LogP contribution in [0.2, 0.25) is 0 Å². The van der Waals surface area contributed by atoms with E-state index in [1.165, 1.54) is 140 Å². The van der Waals surface area contributed by atoms with Gasteiger partial charge in [0.1, 0.15) is 37.1 Å². The molecule has 0 aromatic carbocycles. The molecule has 68 heavy (non-hydrogen) atoms. The Morgan fingerprint density at radius 1 is 0.647 bits per heavy atom. The number of rotatable bonds is 45. The van der Waals surface area contributed by atoms with Crippen molar-refractivity contribution in [2.45, 2.75) is 269 Å². The van der Waals surface area contributed by atoms with Gasteiger partial charge in [0, 0.05) is 30.8 Å². The summed E-state index contributed by atoms with van der Waals surface area (Å²) >= 11 is 1.31. The Morgan fingerprint density at radius 3 is 1.57 bits per heavy atom. The monoisotopic (exact) mass is 982 g/mol. The molecule has 0 aliphatic carbocycles. The second kappa shape index (κ2) is 40.9. The molecule has 1 aliphatic heterocycles. The largest absolute Gasteiger partial charge is 0.462 e. The topological polar surface area (TPSA) is 211 Å². The second-order valence-electron chi connectivity index (χ2n) is 19.1. The SMILES string of the molecule is CCCCCCCCCCCCC(=O)NC(CSCC(COC(=O)CCCCCCCCCCCC)OC(=O)CCCCCCCCCCCC)C(=O)Nc1cn([C@H]2OC(CO)[C@@H](O)[C@@H]2O)nn1. The quantitative estimate of drug-likeness (QED) is 0.0305. The van der Waals surface area contributed by atoms with Crippen LogP contribution in [0.25, 0.3) is 0 Å². The lowest BCUT2D eigenvalue weighted by Crippen LogP contribution is -2.45. The van der Waals surface area contributed by atoms with Crippen molar-refractivity contribution in [1.82, 2.24) is 20.3 Å². The number of carbonyl (C=O) groups is 4. The number of esters is 2. The number of thioether (sulfide) groups is 1. The number of unbranched alkanes of at least 4 members (excludes halogenated alkanes) is 27. The minimum Gasteiger partial charge on any atom is -0.462 e. The molecule has 1 aromatic heterocycles. The lowest BCUT2D eigenvalue weighted by Gasteiger charge is -2.21. The summed E-state index contributed by atoms with van der Waals surface area (Å²) in [6.45, 7) is 6.06. The van der Waals surface area contributed by atoms with Crippen LogP contribution in [0.3, 0.4) is 0 Å². The molecule has 2 amide bonds. The van der Waals surface area contributed by atoms with Crippen molar-refractivity contribution in [3.05, 3.63) is 6.20 Å². The lowest BCUT2D eigenvalue weighted by atomic mass is 10.1. The maximum Gasteiger partial charge on any atom is 0.306 e. The molecule has 1 saturated heterocycles. The van der Waals surface area contributed by atoms with Crippen LogP contribution in [0, 0.1) is 0 Å².